The van der Waals surface area contributed by atoms with E-state index in [9.17, 15) is 26.3 Å². The minimum Gasteiger partial charge on any atom is -0.154 e. The molecule has 0 spiro atoms. The van der Waals surface area contributed by atoms with Crippen LogP contribution in [0.25, 0.3) is 0 Å². The van der Waals surface area contributed by atoms with Crippen LogP contribution in [-0.4, -0.2) is 17.0 Å². The van der Waals surface area contributed by atoms with Crippen molar-refractivity contribution in [2.75, 3.05) is 0 Å². The molecule has 1 nitrogen and oxygen atoms in total. The van der Waals surface area contributed by atoms with Crippen molar-refractivity contribution in [1.82, 2.24) is 4.42 Å². The summed E-state index contributed by atoms with van der Waals surface area (Å²) in [7, 11) is 0. The molecule has 0 aliphatic heterocycles. The number of nitrogens with zero attached hydrogens (tertiary/aromatic N) is 1. The zero-order valence-electron chi connectivity index (χ0n) is 4.09. The van der Waals surface area contributed by atoms with Gasteiger partial charge in [0.25, 0.3) is 0 Å². The first-order valence-corrected chi connectivity index (χ1v) is 2.09. The molecule has 0 aromatic heterocycles. The molecule has 0 atom stereocenters. The lowest BCUT2D eigenvalue weighted by Crippen LogP contribution is -2.40. The number of hydrogen-bond donors (Lipinski definition) is 0. The minimum absolute atomic E-state index is 2.15. The second kappa shape index (κ2) is 2.46. The highest BCUT2D eigenvalue weighted by Gasteiger charge is 2.53. The molecule has 10 heavy (non-hydrogen) atoms. The molecule has 0 unspecified atom stereocenters. The van der Waals surface area contributed by atoms with Crippen LogP contribution < -0.4 is 0 Å². The first kappa shape index (κ1) is 9.83. The smallest absolute Gasteiger partial charge is 0.154 e. The molecule has 0 bridgehead atoms. The van der Waals surface area contributed by atoms with Gasteiger partial charge in [-0.1, -0.05) is 0 Å². The zero-order valence-corrected chi connectivity index (χ0v) is 4.85. The second-order valence-electron chi connectivity index (χ2n) is 1.22. The maximum Gasteiger partial charge on any atom is 0.481 e. The molecule has 0 aromatic rings. The molecule has 0 saturated heterocycles. The SMILES string of the molecule is FC(F)(F)N(Cl)C(F)(F)F. The largest absolute Gasteiger partial charge is 0.481 e. The second-order valence-corrected chi connectivity index (χ2v) is 1.55. The van der Waals surface area contributed by atoms with Crippen LogP contribution in [0.2, 0.25) is 0 Å². The van der Waals surface area contributed by atoms with Gasteiger partial charge >= 0.3 is 12.6 Å². The van der Waals surface area contributed by atoms with Crippen LogP contribution >= 0.6 is 11.8 Å². The quantitative estimate of drug-likeness (QED) is 0.320. The molecule has 0 heterocycles. The van der Waals surface area contributed by atoms with E-state index in [4.69, 9.17) is 0 Å². The Balaban J connectivity index is 4.23. The van der Waals surface area contributed by atoms with Crippen molar-refractivity contribution in [2.45, 2.75) is 12.6 Å². The van der Waals surface area contributed by atoms with Crippen molar-refractivity contribution in [3.8, 4) is 0 Å². The number of halogens is 7. The van der Waals surface area contributed by atoms with Crippen LogP contribution in [0.5, 0.6) is 0 Å². The molecule has 0 saturated carbocycles. The van der Waals surface area contributed by atoms with E-state index < -0.39 is 17.0 Å². The average Bonchev–Trinajstić information content (AvgIpc) is 1.59. The Morgan fingerprint density at radius 1 is 0.800 bits per heavy atom. The van der Waals surface area contributed by atoms with Crippen molar-refractivity contribution in [3.63, 3.8) is 0 Å². The lowest BCUT2D eigenvalue weighted by molar-refractivity contribution is -0.335. The number of hydrogen-bond acceptors (Lipinski definition) is 1. The highest BCUT2D eigenvalue weighted by molar-refractivity contribution is 6.13. The summed E-state index contributed by atoms with van der Waals surface area (Å²) in [5.41, 5.74) is 0. The summed E-state index contributed by atoms with van der Waals surface area (Å²) < 4.78 is 64.0. The van der Waals surface area contributed by atoms with E-state index in [0.717, 1.165) is 0 Å². The molecule has 0 aromatic carbocycles. The summed E-state index contributed by atoms with van der Waals surface area (Å²) in [6.45, 7) is 0. The van der Waals surface area contributed by atoms with Crippen molar-refractivity contribution in [2.24, 2.45) is 0 Å². The van der Waals surface area contributed by atoms with Gasteiger partial charge in [-0.2, -0.15) is 26.3 Å². The zero-order chi connectivity index (χ0) is 8.58. The lowest BCUT2D eigenvalue weighted by Gasteiger charge is -2.18. The summed E-state index contributed by atoms with van der Waals surface area (Å²) in [6, 6.07) is 0. The van der Waals surface area contributed by atoms with Crippen molar-refractivity contribution >= 4 is 11.8 Å². The molecule has 0 aliphatic rings. The van der Waals surface area contributed by atoms with Crippen LogP contribution in [0.15, 0.2) is 0 Å². The van der Waals surface area contributed by atoms with Crippen LogP contribution in [0.4, 0.5) is 26.3 Å². The maximum absolute atomic E-state index is 11.0. The fourth-order valence-electron chi connectivity index (χ4n) is 0.144. The van der Waals surface area contributed by atoms with E-state index in [1.165, 1.54) is 0 Å². The van der Waals surface area contributed by atoms with Crippen molar-refractivity contribution in [1.29, 1.82) is 0 Å². The molecule has 0 amide bonds. The Labute approximate surface area is 56.3 Å². The van der Waals surface area contributed by atoms with E-state index in [1.807, 2.05) is 0 Å². The molecule has 0 N–H and O–H groups in total. The summed E-state index contributed by atoms with van der Waals surface area (Å²) in [4.78, 5) is 0. The van der Waals surface area contributed by atoms with Crippen molar-refractivity contribution < 1.29 is 26.3 Å². The van der Waals surface area contributed by atoms with Gasteiger partial charge in [0.15, 0.2) is 0 Å². The van der Waals surface area contributed by atoms with Crippen LogP contribution in [0, 0.1) is 0 Å². The van der Waals surface area contributed by atoms with E-state index in [-0.39, 0.29) is 0 Å². The van der Waals surface area contributed by atoms with Gasteiger partial charge < -0.3 is 0 Å². The third kappa shape index (κ3) is 2.61. The average molecular weight is 187 g/mol. The number of rotatable bonds is 0. The van der Waals surface area contributed by atoms with Gasteiger partial charge in [0, 0.05) is 0 Å². The summed E-state index contributed by atoms with van der Waals surface area (Å²) in [5.74, 6) is 0. The monoisotopic (exact) mass is 187 g/mol. The number of alkyl halides is 6. The van der Waals surface area contributed by atoms with E-state index >= 15 is 0 Å². The Hall–Kier alpha value is -0.170. The Morgan fingerprint density at radius 3 is 1.00 bits per heavy atom. The normalized spacial score (nSPS) is 14.4. The highest BCUT2D eigenvalue weighted by Crippen LogP contribution is 2.34. The standard InChI is InChI=1S/C2ClF6N/c3-10(1(4,5)6)2(7,8)9. The summed E-state index contributed by atoms with van der Waals surface area (Å²) in [6.07, 6.45) is -11.2. The lowest BCUT2D eigenvalue weighted by atomic mass is 11.0. The molecule has 0 aliphatic carbocycles. The fraction of sp³-hybridized carbons (Fsp3) is 1.00. The maximum atomic E-state index is 11.0. The van der Waals surface area contributed by atoms with Crippen LogP contribution in [-0.2, 0) is 0 Å². The van der Waals surface area contributed by atoms with Crippen LogP contribution in [0.3, 0.4) is 0 Å². The first-order chi connectivity index (χ1) is 4.15. The van der Waals surface area contributed by atoms with Gasteiger partial charge in [0.2, 0.25) is 0 Å². The summed E-state index contributed by atoms with van der Waals surface area (Å²) >= 11 is 3.82. The van der Waals surface area contributed by atoms with Gasteiger partial charge in [0.1, 0.15) is 0 Å². The fourth-order valence-corrected chi connectivity index (χ4v) is 0.144. The van der Waals surface area contributed by atoms with E-state index in [1.54, 1.807) is 0 Å². The highest BCUT2D eigenvalue weighted by atomic mass is 35.5. The predicted octanol–water partition coefficient (Wildman–Crippen LogP) is 2.48. The van der Waals surface area contributed by atoms with Gasteiger partial charge in [-0.25, -0.2) is 0 Å². The molecule has 62 valence electrons. The molecular weight excluding hydrogens is 187 g/mol. The minimum atomic E-state index is -5.58. The molecule has 0 fully saturated rings. The Bertz CT molecular complexity index is 99.9. The molecule has 0 rings (SSSR count). The van der Waals surface area contributed by atoms with Crippen molar-refractivity contribution in [3.05, 3.63) is 0 Å². The molecule has 8 heteroatoms. The Kier molecular flexibility index (Phi) is 2.42. The topological polar surface area (TPSA) is 3.24 Å². The third-order valence-corrected chi connectivity index (χ3v) is 0.829. The molecular formula is C2ClF6N. The van der Waals surface area contributed by atoms with Gasteiger partial charge in [-0.3, -0.25) is 0 Å². The van der Waals surface area contributed by atoms with E-state index in [0.29, 0.717) is 0 Å². The van der Waals surface area contributed by atoms with E-state index in [2.05, 4.69) is 11.8 Å². The Morgan fingerprint density at radius 2 is 1.00 bits per heavy atom. The van der Waals surface area contributed by atoms with Gasteiger partial charge in [-0.15, -0.1) is 0 Å². The first-order valence-electron chi connectivity index (χ1n) is 1.75. The van der Waals surface area contributed by atoms with Gasteiger partial charge in [-0.05, 0) is 16.2 Å². The van der Waals surface area contributed by atoms with Gasteiger partial charge in [0.05, 0.1) is 0 Å². The third-order valence-electron chi connectivity index (χ3n) is 0.445. The van der Waals surface area contributed by atoms with Crippen LogP contribution in [0.1, 0.15) is 0 Å². The molecule has 0 radical (unpaired) electrons. The predicted molar refractivity (Wildman–Crippen MR) is 19.8 cm³/mol. The summed E-state index contributed by atoms with van der Waals surface area (Å²) in [5, 5.41) is 0.